The van der Waals surface area contributed by atoms with Crippen LogP contribution in [0.2, 0.25) is 0 Å². The topological polar surface area (TPSA) is 143 Å². The summed E-state index contributed by atoms with van der Waals surface area (Å²) in [5.74, 6) is -0.431. The molecule has 200 valence electrons. The van der Waals surface area contributed by atoms with Gasteiger partial charge in [-0.25, -0.2) is 14.2 Å². The molecule has 0 radical (unpaired) electrons. The van der Waals surface area contributed by atoms with E-state index in [-0.39, 0.29) is 31.5 Å². The minimum absolute atomic E-state index is 0.0296. The zero-order chi connectivity index (χ0) is 27.4. The second-order valence-corrected chi connectivity index (χ2v) is 10.2. The number of rotatable bonds is 13. The number of nitro benzene ring substituents is 1. The van der Waals surface area contributed by atoms with Gasteiger partial charge in [-0.1, -0.05) is 48.5 Å². The summed E-state index contributed by atoms with van der Waals surface area (Å²) < 4.78 is 34.3. The summed E-state index contributed by atoms with van der Waals surface area (Å²) in [6.45, 7) is -0.221. The van der Waals surface area contributed by atoms with Crippen molar-refractivity contribution < 1.29 is 37.6 Å². The molecule has 2 atom stereocenters. The Morgan fingerprint density at radius 2 is 1.47 bits per heavy atom. The first-order valence-electron chi connectivity index (χ1n) is 11.5. The lowest BCUT2D eigenvalue weighted by Crippen LogP contribution is -2.42. The molecule has 0 heterocycles. The van der Waals surface area contributed by atoms with E-state index in [9.17, 15) is 24.3 Å². The van der Waals surface area contributed by atoms with Crippen LogP contribution < -0.4 is 9.84 Å². The molecule has 1 N–H and O–H groups in total. The lowest BCUT2D eigenvalue weighted by molar-refractivity contribution is -0.384. The lowest BCUT2D eigenvalue weighted by atomic mass is 10.2. The molecule has 0 aliphatic heterocycles. The Balaban J connectivity index is 1.64. The molecule has 3 aromatic carbocycles. The van der Waals surface area contributed by atoms with Gasteiger partial charge in [0.25, 0.3) is 5.69 Å². The van der Waals surface area contributed by atoms with Gasteiger partial charge >= 0.3 is 19.7 Å². The monoisotopic (exact) mass is 542 g/mol. The fourth-order valence-corrected chi connectivity index (χ4v) is 4.59. The van der Waals surface area contributed by atoms with E-state index in [0.717, 1.165) is 5.56 Å². The van der Waals surface area contributed by atoms with E-state index in [1.54, 1.807) is 54.6 Å². The van der Waals surface area contributed by atoms with Crippen molar-refractivity contribution >= 4 is 25.3 Å². The van der Waals surface area contributed by atoms with E-state index in [1.165, 1.54) is 31.4 Å². The number of hydrogen-bond acceptors (Lipinski definition) is 9. The van der Waals surface area contributed by atoms with Gasteiger partial charge in [-0.05, 0) is 41.8 Å². The van der Waals surface area contributed by atoms with Gasteiger partial charge in [0.05, 0.1) is 11.1 Å². The Bertz CT molecular complexity index is 1250. The molecular weight excluding hydrogens is 515 g/mol. The summed E-state index contributed by atoms with van der Waals surface area (Å²) in [6.07, 6.45) is -1.26. The van der Waals surface area contributed by atoms with Crippen molar-refractivity contribution in [1.82, 2.24) is 5.32 Å². The predicted molar refractivity (Wildman–Crippen MR) is 138 cm³/mol. The average molecular weight is 542 g/mol. The highest BCUT2D eigenvalue weighted by atomic mass is 31.2. The number of esters is 1. The zero-order valence-corrected chi connectivity index (χ0v) is 21.5. The minimum Gasteiger partial charge on any atom is -0.459 e. The molecular formula is C26H27N2O9P. The molecule has 11 nitrogen and oxygen atoms in total. The van der Waals surface area contributed by atoms with Gasteiger partial charge < -0.3 is 23.8 Å². The number of amides is 1. The predicted octanol–water partition coefficient (Wildman–Crippen LogP) is 5.24. The van der Waals surface area contributed by atoms with Crippen molar-refractivity contribution in [2.75, 3.05) is 13.3 Å². The van der Waals surface area contributed by atoms with Gasteiger partial charge in [-0.3, -0.25) is 10.1 Å². The van der Waals surface area contributed by atoms with Gasteiger partial charge in [0.15, 0.2) is 0 Å². The summed E-state index contributed by atoms with van der Waals surface area (Å²) >= 11 is 0. The van der Waals surface area contributed by atoms with Crippen LogP contribution in [0.4, 0.5) is 10.5 Å². The van der Waals surface area contributed by atoms with Crippen molar-refractivity contribution in [2.45, 2.75) is 25.7 Å². The number of benzene rings is 3. The van der Waals surface area contributed by atoms with Crippen LogP contribution in [0.5, 0.6) is 5.75 Å². The number of carbonyl (C=O) groups is 2. The quantitative estimate of drug-likeness (QED) is 0.133. The highest BCUT2D eigenvalue weighted by molar-refractivity contribution is 7.54. The molecule has 12 heteroatoms. The summed E-state index contributed by atoms with van der Waals surface area (Å²) in [7, 11) is -2.43. The third kappa shape index (κ3) is 9.02. The SMILES string of the molecule is COP(=O)(CCC(NC(=O)OCc1ccc([N+](=O)[O-])cc1)C(=O)OCc1ccccc1)Oc1ccccc1. The smallest absolute Gasteiger partial charge is 0.408 e. The summed E-state index contributed by atoms with van der Waals surface area (Å²) in [5, 5.41) is 13.2. The minimum atomic E-state index is -3.67. The van der Waals surface area contributed by atoms with E-state index in [4.69, 9.17) is 18.5 Å². The largest absolute Gasteiger partial charge is 0.459 e. The number of para-hydroxylation sites is 1. The highest BCUT2D eigenvalue weighted by Gasteiger charge is 2.31. The number of ether oxygens (including phenoxy) is 2. The van der Waals surface area contributed by atoms with Crippen LogP contribution in [0.15, 0.2) is 84.9 Å². The Kier molecular flexibility index (Phi) is 10.4. The number of nitrogens with one attached hydrogen (secondary N) is 1. The average Bonchev–Trinajstić information content (AvgIpc) is 2.94. The molecule has 0 saturated heterocycles. The maximum atomic E-state index is 13.1. The number of non-ortho nitro benzene ring substituents is 1. The van der Waals surface area contributed by atoms with Gasteiger partial charge in [0.2, 0.25) is 0 Å². The molecule has 0 spiro atoms. The van der Waals surface area contributed by atoms with Crippen molar-refractivity contribution in [3.8, 4) is 5.75 Å². The molecule has 0 aliphatic carbocycles. The van der Waals surface area contributed by atoms with E-state index in [2.05, 4.69) is 5.32 Å². The van der Waals surface area contributed by atoms with Gasteiger partial charge in [0, 0.05) is 19.2 Å². The van der Waals surface area contributed by atoms with Crippen LogP contribution >= 0.6 is 7.60 Å². The van der Waals surface area contributed by atoms with Crippen LogP contribution in [-0.2, 0) is 36.6 Å². The maximum Gasteiger partial charge on any atom is 0.408 e. The molecule has 38 heavy (non-hydrogen) atoms. The van der Waals surface area contributed by atoms with Crippen molar-refractivity contribution in [3.63, 3.8) is 0 Å². The van der Waals surface area contributed by atoms with Crippen LogP contribution in [0.25, 0.3) is 0 Å². The van der Waals surface area contributed by atoms with Crippen LogP contribution in [-0.4, -0.2) is 36.3 Å². The molecule has 3 aromatic rings. The molecule has 2 unspecified atom stereocenters. The van der Waals surface area contributed by atoms with Crippen LogP contribution in [0, 0.1) is 10.1 Å². The number of carbonyl (C=O) groups excluding carboxylic acids is 2. The lowest BCUT2D eigenvalue weighted by Gasteiger charge is -2.21. The van der Waals surface area contributed by atoms with Crippen molar-refractivity contribution in [1.29, 1.82) is 0 Å². The van der Waals surface area contributed by atoms with Crippen molar-refractivity contribution in [3.05, 3.63) is 106 Å². The number of nitro groups is 1. The summed E-state index contributed by atoms with van der Waals surface area (Å²) in [5.41, 5.74) is 1.16. The number of alkyl carbamates (subject to hydrolysis) is 1. The first-order chi connectivity index (χ1) is 18.3. The molecule has 0 saturated carbocycles. The van der Waals surface area contributed by atoms with Crippen LogP contribution in [0.1, 0.15) is 17.5 Å². The van der Waals surface area contributed by atoms with Crippen molar-refractivity contribution in [2.24, 2.45) is 0 Å². The van der Waals surface area contributed by atoms with Crippen LogP contribution in [0.3, 0.4) is 0 Å². The fourth-order valence-electron chi connectivity index (χ4n) is 3.23. The standard InChI is InChI=1S/C26H27N2O9P/c1-34-38(33,37-23-10-6-3-7-11-23)17-16-24(25(29)35-18-20-8-4-2-5-9-20)27-26(30)36-19-21-12-14-22(15-13-21)28(31)32/h2-15,24H,16-19H2,1H3,(H,27,30). The Morgan fingerprint density at radius 3 is 2.08 bits per heavy atom. The normalized spacial score (nSPS) is 13.0. The Morgan fingerprint density at radius 1 is 0.895 bits per heavy atom. The number of nitrogens with zero attached hydrogens (tertiary/aromatic N) is 1. The molecule has 3 rings (SSSR count). The zero-order valence-electron chi connectivity index (χ0n) is 20.6. The first-order valence-corrected chi connectivity index (χ1v) is 13.3. The van der Waals surface area contributed by atoms with Gasteiger partial charge in [0.1, 0.15) is 25.0 Å². The Hall–Kier alpha value is -4.21. The highest BCUT2D eigenvalue weighted by Crippen LogP contribution is 2.48. The molecule has 0 aromatic heterocycles. The van der Waals surface area contributed by atoms with E-state index >= 15 is 0 Å². The summed E-state index contributed by atoms with van der Waals surface area (Å²) in [4.78, 5) is 35.6. The summed E-state index contributed by atoms with van der Waals surface area (Å²) in [6, 6.07) is 21.7. The molecule has 0 aliphatic rings. The third-order valence-corrected chi connectivity index (χ3v) is 7.13. The third-order valence-electron chi connectivity index (χ3n) is 5.28. The van der Waals surface area contributed by atoms with E-state index in [1.807, 2.05) is 6.07 Å². The fraction of sp³-hybridized carbons (Fsp3) is 0.231. The molecule has 1 amide bonds. The number of hydrogen-bond donors (Lipinski definition) is 1. The molecule has 0 fully saturated rings. The van der Waals surface area contributed by atoms with Gasteiger partial charge in [-0.2, -0.15) is 0 Å². The Labute approximate surface area is 219 Å². The van der Waals surface area contributed by atoms with Gasteiger partial charge in [-0.15, -0.1) is 0 Å². The van der Waals surface area contributed by atoms with E-state index < -0.39 is 30.6 Å². The molecule has 0 bridgehead atoms. The second kappa shape index (κ2) is 13.9. The van der Waals surface area contributed by atoms with E-state index in [0.29, 0.717) is 11.3 Å². The first kappa shape index (κ1) is 28.4. The maximum absolute atomic E-state index is 13.1. The second-order valence-electron chi connectivity index (χ2n) is 8.00.